The molecule has 0 amide bonds. The summed E-state index contributed by atoms with van der Waals surface area (Å²) >= 11 is 0. The number of carbonyl (C=O) groups excluding carboxylic acids is 2. The molecule has 0 aliphatic rings. The molecule has 45 heavy (non-hydrogen) atoms. The third-order valence-corrected chi connectivity index (χ3v) is 8.14. The number of rotatable bonds is 21. The summed E-state index contributed by atoms with van der Waals surface area (Å²) in [6, 6.07) is 18.4. The van der Waals surface area contributed by atoms with E-state index in [9.17, 15) is 14.0 Å². The van der Waals surface area contributed by atoms with Gasteiger partial charge in [0.2, 0.25) is 0 Å². The molecule has 0 aromatic heterocycles. The fraction of sp³-hybridized carbons (Fsp3) is 0.487. The van der Waals surface area contributed by atoms with E-state index < -0.39 is 11.8 Å². The molecule has 0 radical (unpaired) electrons. The topological polar surface area (TPSA) is 61.8 Å². The Morgan fingerprint density at radius 2 is 1.20 bits per heavy atom. The van der Waals surface area contributed by atoms with Crippen molar-refractivity contribution in [3.05, 3.63) is 83.7 Å². The average Bonchev–Trinajstić information content (AvgIpc) is 3.06. The van der Waals surface area contributed by atoms with Gasteiger partial charge in [0.15, 0.2) is 11.6 Å². The summed E-state index contributed by atoms with van der Waals surface area (Å²) in [6.07, 6.45) is 16.0. The molecule has 0 bridgehead atoms. The third-order valence-electron chi connectivity index (χ3n) is 8.14. The summed E-state index contributed by atoms with van der Waals surface area (Å²) in [5.41, 5.74) is 2.42. The van der Waals surface area contributed by atoms with E-state index in [4.69, 9.17) is 14.2 Å². The first-order valence-corrected chi connectivity index (χ1v) is 16.9. The smallest absolute Gasteiger partial charge is 0.343 e. The molecule has 244 valence electrons. The summed E-state index contributed by atoms with van der Waals surface area (Å²) in [6.45, 7) is 7.21. The molecule has 0 heterocycles. The molecule has 0 N–H and O–H groups in total. The maximum absolute atomic E-state index is 14.6. The van der Waals surface area contributed by atoms with Crippen molar-refractivity contribution in [1.82, 2.24) is 0 Å². The molecule has 6 heteroatoms. The Hall–Kier alpha value is -3.67. The van der Waals surface area contributed by atoms with Crippen molar-refractivity contribution in [2.24, 2.45) is 5.92 Å². The molecule has 0 spiro atoms. The van der Waals surface area contributed by atoms with Crippen LogP contribution in [0.25, 0.3) is 11.1 Å². The monoisotopic (exact) mass is 618 g/mol. The van der Waals surface area contributed by atoms with Crippen LogP contribution in [0.15, 0.2) is 66.7 Å². The second-order valence-electron chi connectivity index (χ2n) is 12.0. The van der Waals surface area contributed by atoms with Crippen LogP contribution in [0.1, 0.15) is 125 Å². The van der Waals surface area contributed by atoms with E-state index in [1.807, 2.05) is 31.2 Å². The first-order valence-electron chi connectivity index (χ1n) is 16.9. The van der Waals surface area contributed by atoms with E-state index in [0.717, 1.165) is 36.5 Å². The van der Waals surface area contributed by atoms with Gasteiger partial charge in [-0.2, -0.15) is 0 Å². The van der Waals surface area contributed by atoms with Crippen molar-refractivity contribution in [3.8, 4) is 22.6 Å². The lowest BCUT2D eigenvalue weighted by Gasteiger charge is -2.10. The lowest BCUT2D eigenvalue weighted by Crippen LogP contribution is -2.11. The summed E-state index contributed by atoms with van der Waals surface area (Å²) in [7, 11) is 0. The molecule has 0 aliphatic heterocycles. The summed E-state index contributed by atoms with van der Waals surface area (Å²) < 4.78 is 31.1. The SMILES string of the molecule is CCCCCCCCCCCCCCOc1ccc(C(=O)Oc2ccc(-c3ccc(C(=O)OC[C@@H](C)CC)cc3)cc2)cc1F. The van der Waals surface area contributed by atoms with Crippen LogP contribution < -0.4 is 9.47 Å². The van der Waals surface area contributed by atoms with Crippen LogP contribution in [0.5, 0.6) is 11.5 Å². The zero-order chi connectivity index (χ0) is 32.3. The van der Waals surface area contributed by atoms with Crippen LogP contribution in [0.4, 0.5) is 4.39 Å². The Kier molecular flexibility index (Phi) is 16.2. The molecule has 3 rings (SSSR count). The molecule has 5 nitrogen and oxygen atoms in total. The van der Waals surface area contributed by atoms with Crippen molar-refractivity contribution in [2.75, 3.05) is 13.2 Å². The van der Waals surface area contributed by atoms with E-state index in [-0.39, 0.29) is 17.3 Å². The number of carbonyl (C=O) groups is 2. The van der Waals surface area contributed by atoms with Crippen LogP contribution in [0.3, 0.4) is 0 Å². The van der Waals surface area contributed by atoms with Crippen LogP contribution in [0.2, 0.25) is 0 Å². The Labute approximate surface area is 269 Å². The van der Waals surface area contributed by atoms with Crippen molar-refractivity contribution in [1.29, 1.82) is 0 Å². The van der Waals surface area contributed by atoms with Gasteiger partial charge >= 0.3 is 11.9 Å². The highest BCUT2D eigenvalue weighted by Gasteiger charge is 2.14. The van der Waals surface area contributed by atoms with Gasteiger partial charge < -0.3 is 14.2 Å². The highest BCUT2D eigenvalue weighted by atomic mass is 19.1. The van der Waals surface area contributed by atoms with E-state index in [1.54, 1.807) is 24.3 Å². The number of ether oxygens (including phenoxy) is 3. The van der Waals surface area contributed by atoms with Gasteiger partial charge in [0.25, 0.3) is 0 Å². The molecule has 1 atom stereocenters. The second kappa shape index (κ2) is 20.4. The van der Waals surface area contributed by atoms with E-state index in [2.05, 4.69) is 13.8 Å². The second-order valence-corrected chi connectivity index (χ2v) is 12.0. The van der Waals surface area contributed by atoms with Gasteiger partial charge in [0.1, 0.15) is 5.75 Å². The predicted octanol–water partition coefficient (Wildman–Crippen LogP) is 11.0. The van der Waals surface area contributed by atoms with Crippen LogP contribution >= 0.6 is 0 Å². The number of benzene rings is 3. The molecule has 0 aliphatic carbocycles. The highest BCUT2D eigenvalue weighted by molar-refractivity contribution is 5.91. The number of hydrogen-bond donors (Lipinski definition) is 0. The highest BCUT2D eigenvalue weighted by Crippen LogP contribution is 2.25. The van der Waals surface area contributed by atoms with E-state index in [1.165, 1.54) is 76.3 Å². The fourth-order valence-electron chi connectivity index (χ4n) is 4.97. The van der Waals surface area contributed by atoms with Crippen molar-refractivity contribution in [3.63, 3.8) is 0 Å². The fourth-order valence-corrected chi connectivity index (χ4v) is 4.97. The number of unbranched alkanes of at least 4 members (excludes halogenated alkanes) is 11. The normalized spacial score (nSPS) is 11.6. The molecule has 0 fully saturated rings. The maximum atomic E-state index is 14.6. The van der Waals surface area contributed by atoms with Crippen LogP contribution in [0, 0.1) is 11.7 Å². The number of hydrogen-bond acceptors (Lipinski definition) is 5. The summed E-state index contributed by atoms with van der Waals surface area (Å²) in [5, 5.41) is 0. The maximum Gasteiger partial charge on any atom is 0.343 e. The largest absolute Gasteiger partial charge is 0.491 e. The minimum Gasteiger partial charge on any atom is -0.491 e. The molecule has 3 aromatic carbocycles. The standard InChI is InChI=1S/C39H51FO5/c1-4-6-7-8-9-10-11-12-13-14-15-16-27-43-37-26-23-34(28-36(37)40)39(42)45-35-24-21-32(22-25-35)31-17-19-33(20-18-31)38(41)44-29-30(3)5-2/h17-26,28,30H,4-16,27,29H2,1-3H3/t30-/m0/s1. The first kappa shape index (κ1) is 35.8. The predicted molar refractivity (Wildman–Crippen MR) is 180 cm³/mol. The van der Waals surface area contributed by atoms with Crippen LogP contribution in [-0.2, 0) is 4.74 Å². The average molecular weight is 619 g/mol. The zero-order valence-electron chi connectivity index (χ0n) is 27.5. The lowest BCUT2D eigenvalue weighted by atomic mass is 10.0. The molecular formula is C39H51FO5. The number of halogens is 1. The quantitative estimate of drug-likeness (QED) is 0.0675. The van der Waals surface area contributed by atoms with Gasteiger partial charge in [0.05, 0.1) is 24.3 Å². The van der Waals surface area contributed by atoms with Crippen molar-refractivity contribution >= 4 is 11.9 Å². The van der Waals surface area contributed by atoms with Gasteiger partial charge in [-0.3, -0.25) is 0 Å². The summed E-state index contributed by atoms with van der Waals surface area (Å²) in [4.78, 5) is 24.9. The number of esters is 2. The van der Waals surface area contributed by atoms with Gasteiger partial charge in [-0.25, -0.2) is 14.0 Å². The van der Waals surface area contributed by atoms with Gasteiger partial charge in [-0.05, 0) is 65.9 Å². The van der Waals surface area contributed by atoms with E-state index in [0.29, 0.717) is 30.4 Å². The Morgan fingerprint density at radius 1 is 0.667 bits per heavy atom. The van der Waals surface area contributed by atoms with Gasteiger partial charge in [0, 0.05) is 0 Å². The molecule has 0 saturated carbocycles. The minimum atomic E-state index is -0.644. The zero-order valence-corrected chi connectivity index (χ0v) is 27.5. The Balaban J connectivity index is 1.37. The Morgan fingerprint density at radius 3 is 1.76 bits per heavy atom. The van der Waals surface area contributed by atoms with Crippen LogP contribution in [-0.4, -0.2) is 25.2 Å². The molecular weight excluding hydrogens is 567 g/mol. The Bertz CT molecular complexity index is 1290. The lowest BCUT2D eigenvalue weighted by molar-refractivity contribution is 0.0447. The third kappa shape index (κ3) is 13.1. The first-order chi connectivity index (χ1) is 21.9. The summed E-state index contributed by atoms with van der Waals surface area (Å²) in [5.74, 6) is -0.734. The van der Waals surface area contributed by atoms with Crippen molar-refractivity contribution in [2.45, 2.75) is 104 Å². The van der Waals surface area contributed by atoms with E-state index >= 15 is 0 Å². The molecule has 3 aromatic rings. The minimum absolute atomic E-state index is 0.116. The van der Waals surface area contributed by atoms with Gasteiger partial charge in [-0.15, -0.1) is 0 Å². The molecule has 0 saturated heterocycles. The van der Waals surface area contributed by atoms with Gasteiger partial charge in [-0.1, -0.05) is 122 Å². The van der Waals surface area contributed by atoms with Crippen molar-refractivity contribution < 1.29 is 28.2 Å². The molecule has 0 unspecified atom stereocenters.